The Labute approximate surface area is 168 Å². The molecule has 0 fully saturated rings. The molecule has 0 unspecified atom stereocenters. The average molecular weight is 465 g/mol. The molecule has 166 valence electrons. The average Bonchev–Trinajstić information content (AvgIpc) is 2.73. The molecule has 3 nitrogen and oxygen atoms in total. The SMILES string of the molecule is COCCOCCNc1c(F)c(F)c(Sc2c(F)c(F)c(F)c(F)c2F)c(F)c1F. The summed E-state index contributed by atoms with van der Waals surface area (Å²) >= 11 is -0.687. The highest BCUT2D eigenvalue weighted by atomic mass is 32.2. The van der Waals surface area contributed by atoms with Gasteiger partial charge < -0.3 is 14.8 Å². The molecule has 2 aromatic rings. The first-order chi connectivity index (χ1) is 14.1. The Balaban J connectivity index is 2.34. The van der Waals surface area contributed by atoms with Gasteiger partial charge in [0.25, 0.3) is 0 Å². The summed E-state index contributed by atoms with van der Waals surface area (Å²) in [6.07, 6.45) is 0. The summed E-state index contributed by atoms with van der Waals surface area (Å²) in [5.74, 6) is -20.2. The Kier molecular flexibility index (Phi) is 8.26. The van der Waals surface area contributed by atoms with Gasteiger partial charge in [0, 0.05) is 13.7 Å². The van der Waals surface area contributed by atoms with Crippen molar-refractivity contribution in [2.45, 2.75) is 9.79 Å². The van der Waals surface area contributed by atoms with E-state index in [0.29, 0.717) is 0 Å². The number of hydrogen-bond acceptors (Lipinski definition) is 4. The van der Waals surface area contributed by atoms with Crippen LogP contribution in [-0.2, 0) is 9.47 Å². The van der Waals surface area contributed by atoms with E-state index in [1.54, 1.807) is 0 Å². The van der Waals surface area contributed by atoms with Gasteiger partial charge in [0.2, 0.25) is 5.82 Å². The van der Waals surface area contributed by atoms with E-state index in [-0.39, 0.29) is 26.4 Å². The van der Waals surface area contributed by atoms with E-state index in [2.05, 4.69) is 10.1 Å². The van der Waals surface area contributed by atoms with Crippen LogP contribution < -0.4 is 5.32 Å². The molecule has 13 heteroatoms. The molecule has 0 saturated heterocycles. The van der Waals surface area contributed by atoms with Crippen LogP contribution in [0.5, 0.6) is 0 Å². The molecule has 0 saturated carbocycles. The minimum Gasteiger partial charge on any atom is -0.382 e. The first-order valence-electron chi connectivity index (χ1n) is 7.99. The predicted molar refractivity (Wildman–Crippen MR) is 87.8 cm³/mol. The summed E-state index contributed by atoms with van der Waals surface area (Å²) in [6, 6.07) is 0. The summed E-state index contributed by atoms with van der Waals surface area (Å²) in [5.41, 5.74) is -1.23. The molecule has 0 radical (unpaired) electrons. The van der Waals surface area contributed by atoms with Crippen LogP contribution >= 0.6 is 11.8 Å². The minimum atomic E-state index is -2.50. The van der Waals surface area contributed by atoms with Crippen LogP contribution in [0.1, 0.15) is 0 Å². The summed E-state index contributed by atoms with van der Waals surface area (Å²) < 4.78 is 133. The Bertz CT molecular complexity index is 884. The zero-order chi connectivity index (χ0) is 22.6. The molecule has 2 rings (SSSR count). The van der Waals surface area contributed by atoms with Crippen LogP contribution in [0, 0.1) is 52.4 Å². The molecule has 30 heavy (non-hydrogen) atoms. The van der Waals surface area contributed by atoms with Crippen LogP contribution in [0.25, 0.3) is 0 Å². The molecule has 0 aliphatic rings. The van der Waals surface area contributed by atoms with Crippen LogP contribution in [0.3, 0.4) is 0 Å². The van der Waals surface area contributed by atoms with E-state index in [9.17, 15) is 39.5 Å². The van der Waals surface area contributed by atoms with Crippen molar-refractivity contribution in [2.75, 3.05) is 38.8 Å². The summed E-state index contributed by atoms with van der Waals surface area (Å²) in [5, 5.41) is 2.06. The van der Waals surface area contributed by atoms with Gasteiger partial charge in [-0.05, 0) is 0 Å². The maximum Gasteiger partial charge on any atom is 0.200 e. The van der Waals surface area contributed by atoms with Crippen LogP contribution in [0.2, 0.25) is 0 Å². The van der Waals surface area contributed by atoms with E-state index in [4.69, 9.17) is 4.74 Å². The zero-order valence-electron chi connectivity index (χ0n) is 15.0. The molecule has 0 aliphatic carbocycles. The highest BCUT2D eigenvalue weighted by molar-refractivity contribution is 7.99. The van der Waals surface area contributed by atoms with E-state index in [0.717, 1.165) is 0 Å². The lowest BCUT2D eigenvalue weighted by molar-refractivity contribution is 0.0758. The normalized spacial score (nSPS) is 11.3. The third kappa shape index (κ3) is 4.78. The van der Waals surface area contributed by atoms with Crippen molar-refractivity contribution in [3.05, 3.63) is 52.4 Å². The van der Waals surface area contributed by atoms with Crippen molar-refractivity contribution in [1.29, 1.82) is 0 Å². The zero-order valence-corrected chi connectivity index (χ0v) is 15.8. The first kappa shape index (κ1) is 24.2. The highest BCUT2D eigenvalue weighted by Gasteiger charge is 2.31. The van der Waals surface area contributed by atoms with Crippen molar-refractivity contribution in [3.63, 3.8) is 0 Å². The smallest absolute Gasteiger partial charge is 0.200 e. The van der Waals surface area contributed by atoms with Gasteiger partial charge in [0.1, 0.15) is 5.69 Å². The first-order valence-corrected chi connectivity index (χ1v) is 8.80. The molecule has 0 aliphatic heterocycles. The third-order valence-electron chi connectivity index (χ3n) is 3.58. The summed E-state index contributed by atoms with van der Waals surface area (Å²) in [6.45, 7) is -0.0218. The van der Waals surface area contributed by atoms with Crippen molar-refractivity contribution >= 4 is 17.4 Å². The maximum absolute atomic E-state index is 14.2. The number of ether oxygens (including phenoxy) is 2. The minimum absolute atomic E-state index is 0.119. The fourth-order valence-electron chi connectivity index (χ4n) is 2.13. The van der Waals surface area contributed by atoms with Crippen molar-refractivity contribution in [3.8, 4) is 0 Å². The largest absolute Gasteiger partial charge is 0.382 e. The molecule has 0 bridgehead atoms. The second kappa shape index (κ2) is 10.3. The number of benzene rings is 2. The Morgan fingerprint density at radius 1 is 0.600 bits per heavy atom. The Hall–Kier alpha value is -2.12. The van der Waals surface area contributed by atoms with Gasteiger partial charge in [-0.25, -0.2) is 39.5 Å². The van der Waals surface area contributed by atoms with Gasteiger partial charge in [-0.2, -0.15) is 0 Å². The van der Waals surface area contributed by atoms with Gasteiger partial charge in [0.05, 0.1) is 29.6 Å². The van der Waals surface area contributed by atoms with E-state index >= 15 is 0 Å². The lowest BCUT2D eigenvalue weighted by Crippen LogP contribution is -2.15. The van der Waals surface area contributed by atoms with Crippen molar-refractivity contribution in [2.24, 2.45) is 0 Å². The van der Waals surface area contributed by atoms with Gasteiger partial charge in [-0.1, -0.05) is 11.8 Å². The van der Waals surface area contributed by atoms with Gasteiger partial charge in [0.15, 0.2) is 46.5 Å². The molecule has 0 atom stereocenters. The molecule has 0 amide bonds. The molecule has 1 N–H and O–H groups in total. The second-order valence-corrected chi connectivity index (χ2v) is 6.51. The van der Waals surface area contributed by atoms with Crippen LogP contribution in [0.4, 0.5) is 45.2 Å². The lowest BCUT2D eigenvalue weighted by atomic mass is 10.2. The Morgan fingerprint density at radius 2 is 1.03 bits per heavy atom. The van der Waals surface area contributed by atoms with Crippen molar-refractivity contribution in [1.82, 2.24) is 0 Å². The molecular weight excluding hydrogens is 453 g/mol. The van der Waals surface area contributed by atoms with Crippen molar-refractivity contribution < 1.29 is 49.0 Å². The number of halogens is 9. The maximum atomic E-state index is 14.2. The molecular formula is C17H12F9NO2S. The Morgan fingerprint density at radius 3 is 1.50 bits per heavy atom. The van der Waals surface area contributed by atoms with E-state index < -0.39 is 79.6 Å². The molecule has 0 spiro atoms. The second-order valence-electron chi connectivity index (χ2n) is 5.49. The van der Waals surface area contributed by atoms with Crippen LogP contribution in [-0.4, -0.2) is 33.5 Å². The fraction of sp³-hybridized carbons (Fsp3) is 0.294. The molecule has 2 aromatic carbocycles. The monoisotopic (exact) mass is 465 g/mol. The topological polar surface area (TPSA) is 30.5 Å². The predicted octanol–water partition coefficient (Wildman–Crippen LogP) is 5.16. The number of nitrogens with one attached hydrogen (secondary N) is 1. The van der Waals surface area contributed by atoms with Gasteiger partial charge >= 0.3 is 0 Å². The third-order valence-corrected chi connectivity index (χ3v) is 4.70. The molecule has 0 aromatic heterocycles. The van der Waals surface area contributed by atoms with E-state index in [1.807, 2.05) is 0 Å². The summed E-state index contributed by atoms with van der Waals surface area (Å²) in [4.78, 5) is -3.36. The standard InChI is InChI=1S/C17H12F9NO2S/c1-28-4-5-29-3-2-27-15-9(21)13(25)17(14(26)10(15)22)30-16-11(23)7(19)6(18)8(20)12(16)24/h27H,2-5H2,1H3. The lowest BCUT2D eigenvalue weighted by Gasteiger charge is -2.14. The highest BCUT2D eigenvalue weighted by Crippen LogP contribution is 2.41. The fourth-order valence-corrected chi connectivity index (χ4v) is 3.05. The van der Waals surface area contributed by atoms with E-state index in [1.165, 1.54) is 7.11 Å². The summed E-state index contributed by atoms with van der Waals surface area (Å²) in [7, 11) is 1.41. The van der Waals surface area contributed by atoms with Gasteiger partial charge in [-0.15, -0.1) is 0 Å². The number of anilines is 1. The van der Waals surface area contributed by atoms with Crippen LogP contribution in [0.15, 0.2) is 9.79 Å². The van der Waals surface area contributed by atoms with Gasteiger partial charge in [-0.3, -0.25) is 0 Å². The molecule has 0 heterocycles. The quantitative estimate of drug-likeness (QED) is 0.240. The number of hydrogen-bond donors (Lipinski definition) is 1. The number of rotatable bonds is 9. The number of methoxy groups -OCH3 is 1.